The van der Waals surface area contributed by atoms with Crippen LogP contribution < -0.4 is 10.3 Å². The van der Waals surface area contributed by atoms with Gasteiger partial charge < -0.3 is 9.47 Å². The van der Waals surface area contributed by atoms with Gasteiger partial charge in [0.1, 0.15) is 19.0 Å². The first-order chi connectivity index (χ1) is 12.1. The van der Waals surface area contributed by atoms with Crippen molar-refractivity contribution < 1.29 is 14.3 Å². The van der Waals surface area contributed by atoms with Gasteiger partial charge >= 0.3 is 5.97 Å². The zero-order chi connectivity index (χ0) is 17.4. The lowest BCUT2D eigenvalue weighted by atomic mass is 9.97. The molecule has 0 fully saturated rings. The number of halogens is 1. The van der Waals surface area contributed by atoms with Crippen LogP contribution in [0.15, 0.2) is 40.6 Å². The topological polar surface area (TPSA) is 69.9 Å². The third-order valence-corrected chi connectivity index (χ3v) is 4.97. The molecule has 1 aliphatic heterocycles. The van der Waals surface area contributed by atoms with Crippen LogP contribution in [0.5, 0.6) is 5.75 Å². The van der Waals surface area contributed by atoms with Gasteiger partial charge in [0.05, 0.1) is 11.6 Å². The summed E-state index contributed by atoms with van der Waals surface area (Å²) in [5, 5.41) is 2.38. The summed E-state index contributed by atoms with van der Waals surface area (Å²) in [6.45, 7) is 0.217. The second kappa shape index (κ2) is 6.50. The lowest BCUT2D eigenvalue weighted by Crippen LogP contribution is -2.30. The van der Waals surface area contributed by atoms with Crippen molar-refractivity contribution in [3.05, 3.63) is 62.5 Å². The highest BCUT2D eigenvalue weighted by atomic mass is 35.5. The van der Waals surface area contributed by atoms with E-state index in [1.807, 2.05) is 0 Å². The fourth-order valence-corrected chi connectivity index (χ4v) is 3.67. The molecule has 6 nitrogen and oxygen atoms in total. The standard InChI is InChI=1S/C17H13ClN2O4S/c18-12-1-2-14-10(6-12)5-11(8-23-14)16(22)24-9-13-7-15(21)20-3-4-25-17(20)19-13/h1-4,6-7,11H,5,8-9H2/t11-/m0/s1. The second-order valence-electron chi connectivity index (χ2n) is 5.71. The molecular weight excluding hydrogens is 364 g/mol. The molecule has 0 amide bonds. The first-order valence-electron chi connectivity index (χ1n) is 7.64. The Morgan fingerprint density at radius 2 is 2.32 bits per heavy atom. The lowest BCUT2D eigenvalue weighted by Gasteiger charge is -2.24. The monoisotopic (exact) mass is 376 g/mol. The second-order valence-corrected chi connectivity index (χ2v) is 7.02. The van der Waals surface area contributed by atoms with E-state index in [2.05, 4.69) is 4.98 Å². The molecule has 0 spiro atoms. The van der Waals surface area contributed by atoms with Crippen LogP contribution >= 0.6 is 22.9 Å². The molecule has 0 bridgehead atoms. The molecule has 0 N–H and O–H groups in total. The Hall–Kier alpha value is -2.38. The van der Waals surface area contributed by atoms with Gasteiger partial charge in [-0.15, -0.1) is 11.3 Å². The summed E-state index contributed by atoms with van der Waals surface area (Å²) in [5.74, 6) is -0.0392. The van der Waals surface area contributed by atoms with E-state index in [1.54, 1.807) is 29.8 Å². The molecule has 0 saturated carbocycles. The SMILES string of the molecule is O=C(OCc1cc(=O)n2ccsc2n1)[C@@H]1COc2ccc(Cl)cc2C1. The van der Waals surface area contributed by atoms with Gasteiger partial charge in [-0.2, -0.15) is 0 Å². The zero-order valence-electron chi connectivity index (χ0n) is 13.0. The lowest BCUT2D eigenvalue weighted by molar-refractivity contribution is -0.151. The zero-order valence-corrected chi connectivity index (χ0v) is 14.5. The van der Waals surface area contributed by atoms with E-state index in [-0.39, 0.29) is 24.7 Å². The summed E-state index contributed by atoms with van der Waals surface area (Å²) in [6.07, 6.45) is 2.17. The van der Waals surface area contributed by atoms with E-state index in [9.17, 15) is 9.59 Å². The number of carbonyl (C=O) groups is 1. The van der Waals surface area contributed by atoms with Crippen molar-refractivity contribution in [1.29, 1.82) is 0 Å². The van der Waals surface area contributed by atoms with E-state index in [0.29, 0.717) is 22.1 Å². The van der Waals surface area contributed by atoms with Crippen LogP contribution in [-0.2, 0) is 22.6 Å². The van der Waals surface area contributed by atoms with Gasteiger partial charge in [-0.3, -0.25) is 14.0 Å². The predicted octanol–water partition coefficient (Wildman–Crippen LogP) is 2.70. The number of hydrogen-bond acceptors (Lipinski definition) is 6. The van der Waals surface area contributed by atoms with Gasteiger partial charge in [0.2, 0.25) is 0 Å². The Kier molecular flexibility index (Phi) is 4.19. The number of hydrogen-bond donors (Lipinski definition) is 0. The molecular formula is C17H13ClN2O4S. The van der Waals surface area contributed by atoms with Gasteiger partial charge in [-0.1, -0.05) is 11.6 Å². The van der Waals surface area contributed by atoms with Crippen LogP contribution in [0, 0.1) is 5.92 Å². The van der Waals surface area contributed by atoms with Crippen LogP contribution in [0.1, 0.15) is 11.3 Å². The van der Waals surface area contributed by atoms with Crippen LogP contribution in [-0.4, -0.2) is 22.0 Å². The maximum Gasteiger partial charge on any atom is 0.313 e. The largest absolute Gasteiger partial charge is 0.492 e. The Labute approximate surface area is 151 Å². The molecule has 1 aromatic carbocycles. The molecule has 0 saturated heterocycles. The van der Waals surface area contributed by atoms with Crippen molar-refractivity contribution in [2.75, 3.05) is 6.61 Å². The van der Waals surface area contributed by atoms with Crippen LogP contribution in [0.25, 0.3) is 4.96 Å². The van der Waals surface area contributed by atoms with Crippen molar-refractivity contribution in [3.63, 3.8) is 0 Å². The summed E-state index contributed by atoms with van der Waals surface area (Å²) in [5.41, 5.74) is 1.12. The molecule has 2 aromatic heterocycles. The van der Waals surface area contributed by atoms with Gasteiger partial charge in [-0.25, -0.2) is 4.98 Å². The Balaban J connectivity index is 1.44. The summed E-state index contributed by atoms with van der Waals surface area (Å²) >= 11 is 7.34. The number of thiazole rings is 1. The molecule has 0 aliphatic carbocycles. The minimum Gasteiger partial charge on any atom is -0.492 e. The van der Waals surface area contributed by atoms with Crippen molar-refractivity contribution in [2.45, 2.75) is 13.0 Å². The van der Waals surface area contributed by atoms with E-state index in [4.69, 9.17) is 21.1 Å². The van der Waals surface area contributed by atoms with Crippen LogP contribution in [0.4, 0.5) is 0 Å². The summed E-state index contributed by atoms with van der Waals surface area (Å²) < 4.78 is 12.4. The predicted molar refractivity (Wildman–Crippen MR) is 93.3 cm³/mol. The molecule has 0 unspecified atom stereocenters. The Morgan fingerprint density at radius 1 is 1.44 bits per heavy atom. The van der Waals surface area contributed by atoms with E-state index >= 15 is 0 Å². The highest BCUT2D eigenvalue weighted by Gasteiger charge is 2.27. The third kappa shape index (κ3) is 3.25. The molecule has 8 heteroatoms. The first-order valence-corrected chi connectivity index (χ1v) is 8.89. The molecule has 0 radical (unpaired) electrons. The van der Waals surface area contributed by atoms with E-state index in [1.165, 1.54) is 21.8 Å². The van der Waals surface area contributed by atoms with Crippen molar-refractivity contribution in [2.24, 2.45) is 5.92 Å². The van der Waals surface area contributed by atoms with Crippen molar-refractivity contribution >= 4 is 33.9 Å². The van der Waals surface area contributed by atoms with Gasteiger partial charge in [0.15, 0.2) is 4.96 Å². The average molecular weight is 377 g/mol. The molecule has 4 rings (SSSR count). The molecule has 25 heavy (non-hydrogen) atoms. The van der Waals surface area contributed by atoms with Crippen LogP contribution in [0.3, 0.4) is 0 Å². The first kappa shape index (κ1) is 16.1. The van der Waals surface area contributed by atoms with Gasteiger partial charge in [0.25, 0.3) is 5.56 Å². The minimum atomic E-state index is -0.405. The summed E-state index contributed by atoms with van der Waals surface area (Å²) in [7, 11) is 0. The maximum absolute atomic E-state index is 12.3. The van der Waals surface area contributed by atoms with Crippen LogP contribution in [0.2, 0.25) is 5.02 Å². The Morgan fingerprint density at radius 3 is 3.20 bits per heavy atom. The summed E-state index contributed by atoms with van der Waals surface area (Å²) in [6, 6.07) is 6.72. The van der Waals surface area contributed by atoms with E-state index in [0.717, 1.165) is 11.3 Å². The molecule has 3 aromatic rings. The molecule has 128 valence electrons. The quantitative estimate of drug-likeness (QED) is 0.657. The number of aromatic nitrogens is 2. The fourth-order valence-electron chi connectivity index (χ4n) is 2.74. The van der Waals surface area contributed by atoms with Crippen molar-refractivity contribution in [3.8, 4) is 5.75 Å². The molecule has 1 atom stereocenters. The minimum absolute atomic E-state index is 0.0403. The van der Waals surface area contributed by atoms with Gasteiger partial charge in [0, 0.05) is 22.7 Å². The maximum atomic E-state index is 12.3. The summed E-state index contributed by atoms with van der Waals surface area (Å²) in [4.78, 5) is 29.1. The average Bonchev–Trinajstić information content (AvgIpc) is 3.08. The number of benzene rings is 1. The number of nitrogens with zero attached hydrogens (tertiary/aromatic N) is 2. The highest BCUT2D eigenvalue weighted by Crippen LogP contribution is 2.30. The highest BCUT2D eigenvalue weighted by molar-refractivity contribution is 7.15. The molecule has 1 aliphatic rings. The fraction of sp³-hybridized carbons (Fsp3) is 0.235. The van der Waals surface area contributed by atoms with E-state index < -0.39 is 5.92 Å². The van der Waals surface area contributed by atoms with Crippen molar-refractivity contribution in [1.82, 2.24) is 9.38 Å². The number of rotatable bonds is 3. The Bertz CT molecular complexity index is 1010. The number of fused-ring (bicyclic) bond motifs is 2. The third-order valence-electron chi connectivity index (χ3n) is 3.98. The number of ether oxygens (including phenoxy) is 2. The number of carbonyl (C=O) groups excluding carboxylic acids is 1. The normalized spacial score (nSPS) is 16.3. The molecule has 3 heterocycles. The van der Waals surface area contributed by atoms with Gasteiger partial charge in [-0.05, 0) is 30.2 Å². The number of esters is 1. The smallest absolute Gasteiger partial charge is 0.313 e.